The third-order valence-electron chi connectivity index (χ3n) is 4.82. The number of amides is 2. The zero-order valence-corrected chi connectivity index (χ0v) is 22.5. The highest BCUT2D eigenvalue weighted by Gasteiger charge is 2.19. The first-order chi connectivity index (χ1) is 18.4. The first kappa shape index (κ1) is 34.1. The molecule has 0 aromatic rings. The number of ether oxygens (including phenoxy) is 1. The van der Waals surface area contributed by atoms with Crippen LogP contribution in [0.15, 0.2) is 85.1 Å². The van der Waals surface area contributed by atoms with Gasteiger partial charge in [-0.2, -0.15) is 0 Å². The van der Waals surface area contributed by atoms with Crippen LogP contribution in [-0.4, -0.2) is 48.6 Å². The Kier molecular flexibility index (Phi) is 22.2. The van der Waals surface area contributed by atoms with Gasteiger partial charge in [-0.1, -0.05) is 79.8 Å². The van der Waals surface area contributed by atoms with E-state index >= 15 is 0 Å². The number of carbonyl (C=O) groups is 4. The molecule has 2 amide bonds. The average Bonchev–Trinajstić information content (AvgIpc) is 2.90. The molecule has 0 saturated carbocycles. The number of hydrogen-bond acceptors (Lipinski definition) is 5. The lowest BCUT2D eigenvalue weighted by Gasteiger charge is -2.14. The molecular weight excluding hydrogens is 484 g/mol. The quantitative estimate of drug-likeness (QED) is 0.118. The Bertz CT molecular complexity index is 910. The third kappa shape index (κ3) is 22.5. The minimum Gasteiger partial charge on any atom is -0.480 e. The molecule has 0 spiro atoms. The molecular formula is C30H42N2O6. The molecule has 0 radical (unpaired) electrons. The van der Waals surface area contributed by atoms with Crippen LogP contribution in [0.2, 0.25) is 0 Å². The van der Waals surface area contributed by atoms with Crippen molar-refractivity contribution in [1.82, 2.24) is 10.6 Å². The van der Waals surface area contributed by atoms with Crippen molar-refractivity contribution in [3.63, 3.8) is 0 Å². The zero-order valence-electron chi connectivity index (χ0n) is 22.5. The van der Waals surface area contributed by atoms with E-state index < -0.39 is 29.8 Å². The number of carboxylic acids is 1. The summed E-state index contributed by atoms with van der Waals surface area (Å²) in [6, 6.07) is -1.27. The predicted octanol–water partition coefficient (Wildman–Crippen LogP) is 4.88. The van der Waals surface area contributed by atoms with Crippen molar-refractivity contribution >= 4 is 23.8 Å². The number of rotatable bonds is 20. The molecule has 3 N–H and O–H groups in total. The van der Waals surface area contributed by atoms with E-state index in [0.717, 1.165) is 50.7 Å². The molecule has 0 fully saturated rings. The van der Waals surface area contributed by atoms with Crippen LogP contribution < -0.4 is 10.6 Å². The average molecular weight is 527 g/mol. The molecule has 1 unspecified atom stereocenters. The maximum atomic E-state index is 12.0. The molecule has 208 valence electrons. The summed E-state index contributed by atoms with van der Waals surface area (Å²) in [6.07, 6.45) is 33.2. The van der Waals surface area contributed by atoms with Crippen LogP contribution in [0.25, 0.3) is 0 Å². The first-order valence-electron chi connectivity index (χ1n) is 12.9. The molecule has 0 aliphatic rings. The van der Waals surface area contributed by atoms with E-state index in [-0.39, 0.29) is 13.0 Å². The van der Waals surface area contributed by atoms with E-state index in [1.807, 2.05) is 18.2 Å². The minimum absolute atomic E-state index is 0.127. The van der Waals surface area contributed by atoms with Gasteiger partial charge in [0.2, 0.25) is 11.8 Å². The van der Waals surface area contributed by atoms with Gasteiger partial charge < -0.3 is 20.5 Å². The van der Waals surface area contributed by atoms with E-state index in [4.69, 9.17) is 0 Å². The Labute approximate surface area is 226 Å². The summed E-state index contributed by atoms with van der Waals surface area (Å²) in [4.78, 5) is 45.9. The number of aliphatic carboxylic acids is 1. The second kappa shape index (κ2) is 24.7. The van der Waals surface area contributed by atoms with Crippen molar-refractivity contribution in [3.05, 3.63) is 85.1 Å². The van der Waals surface area contributed by atoms with Crippen LogP contribution in [0.4, 0.5) is 0 Å². The molecule has 0 aliphatic carbocycles. The minimum atomic E-state index is -1.27. The van der Waals surface area contributed by atoms with Crippen molar-refractivity contribution < 1.29 is 29.0 Å². The fourth-order valence-corrected chi connectivity index (χ4v) is 2.79. The van der Waals surface area contributed by atoms with Crippen LogP contribution >= 0.6 is 0 Å². The van der Waals surface area contributed by atoms with Gasteiger partial charge in [0, 0.05) is 25.1 Å². The second-order valence-corrected chi connectivity index (χ2v) is 8.01. The number of carbonyl (C=O) groups excluding carboxylic acids is 3. The van der Waals surface area contributed by atoms with Gasteiger partial charge in [-0.25, -0.2) is 9.59 Å². The number of allylic oxidation sites excluding steroid dienone is 12. The molecule has 0 rings (SSSR count). The van der Waals surface area contributed by atoms with Crippen molar-refractivity contribution in [2.45, 2.75) is 64.3 Å². The largest absolute Gasteiger partial charge is 0.480 e. The topological polar surface area (TPSA) is 122 Å². The molecule has 1 atom stereocenters. The van der Waals surface area contributed by atoms with E-state index in [0.29, 0.717) is 6.42 Å². The Hall–Kier alpha value is -3.94. The van der Waals surface area contributed by atoms with Gasteiger partial charge in [-0.15, -0.1) is 0 Å². The lowest BCUT2D eigenvalue weighted by Crippen LogP contribution is -2.48. The maximum Gasteiger partial charge on any atom is 0.330 e. The summed E-state index contributed by atoms with van der Waals surface area (Å²) in [7, 11) is 1.17. The highest BCUT2D eigenvalue weighted by molar-refractivity contribution is 5.94. The van der Waals surface area contributed by atoms with E-state index in [9.17, 15) is 24.3 Å². The highest BCUT2D eigenvalue weighted by atomic mass is 16.5. The predicted molar refractivity (Wildman–Crippen MR) is 151 cm³/mol. The molecule has 8 heteroatoms. The monoisotopic (exact) mass is 526 g/mol. The smallest absolute Gasteiger partial charge is 0.330 e. The Morgan fingerprint density at radius 2 is 1.21 bits per heavy atom. The number of esters is 1. The van der Waals surface area contributed by atoms with E-state index in [2.05, 4.69) is 77.0 Å². The summed E-state index contributed by atoms with van der Waals surface area (Å²) >= 11 is 0. The van der Waals surface area contributed by atoms with Crippen molar-refractivity contribution in [2.75, 3.05) is 13.7 Å². The number of carboxylic acid groups (broad SMARTS) is 1. The number of hydrogen-bond donors (Lipinski definition) is 3. The summed E-state index contributed by atoms with van der Waals surface area (Å²) < 4.78 is 4.36. The van der Waals surface area contributed by atoms with Gasteiger partial charge in [0.1, 0.15) is 6.04 Å². The summed E-state index contributed by atoms with van der Waals surface area (Å²) in [5, 5.41) is 13.9. The normalized spacial score (nSPS) is 13.1. The summed E-state index contributed by atoms with van der Waals surface area (Å²) in [6.45, 7) is 1.82. The van der Waals surface area contributed by atoms with Crippen molar-refractivity contribution in [2.24, 2.45) is 0 Å². The molecule has 0 aromatic heterocycles. The van der Waals surface area contributed by atoms with Gasteiger partial charge in [0.05, 0.1) is 7.11 Å². The zero-order chi connectivity index (χ0) is 28.3. The lowest BCUT2D eigenvalue weighted by atomic mass is 10.2. The maximum absolute atomic E-state index is 12.0. The Balaban J connectivity index is 4.01. The van der Waals surface area contributed by atoms with Crippen LogP contribution in [0.3, 0.4) is 0 Å². The van der Waals surface area contributed by atoms with E-state index in [1.54, 1.807) is 0 Å². The molecule has 0 aromatic carbocycles. The van der Waals surface area contributed by atoms with Gasteiger partial charge >= 0.3 is 11.9 Å². The third-order valence-corrected chi connectivity index (χ3v) is 4.82. The van der Waals surface area contributed by atoms with Gasteiger partial charge in [-0.3, -0.25) is 9.59 Å². The molecule has 8 nitrogen and oxygen atoms in total. The Morgan fingerprint density at radius 1 is 0.737 bits per heavy atom. The van der Waals surface area contributed by atoms with Crippen LogP contribution in [-0.2, 0) is 23.9 Å². The van der Waals surface area contributed by atoms with Crippen LogP contribution in [0.5, 0.6) is 0 Å². The van der Waals surface area contributed by atoms with Crippen LogP contribution in [0, 0.1) is 0 Å². The molecule has 38 heavy (non-hydrogen) atoms. The van der Waals surface area contributed by atoms with Gasteiger partial charge in [-0.05, 0) is 44.9 Å². The summed E-state index contributed by atoms with van der Waals surface area (Å²) in [5.74, 6) is -3.09. The summed E-state index contributed by atoms with van der Waals surface area (Å²) in [5.41, 5.74) is 0. The number of nitrogens with one attached hydrogen (secondary N) is 2. The van der Waals surface area contributed by atoms with Gasteiger partial charge in [0.15, 0.2) is 0 Å². The van der Waals surface area contributed by atoms with E-state index in [1.165, 1.54) is 7.11 Å². The van der Waals surface area contributed by atoms with Crippen molar-refractivity contribution in [3.8, 4) is 0 Å². The molecule has 0 aliphatic heterocycles. The first-order valence-corrected chi connectivity index (χ1v) is 12.9. The Morgan fingerprint density at radius 3 is 1.66 bits per heavy atom. The fourth-order valence-electron chi connectivity index (χ4n) is 2.79. The standard InChI is InChI=1S/C30H42N2O6/c1-3-4-5-6-7-8-9-10-11-12-13-14-15-16-17-18-19-20-21-22-28(34)32-26(30(36)37)25-31-27(33)23-24-29(35)38-2/h4-5,7-8,10-11,13-14,16-17,19-20,23-24,26H,3,6,9,12,15,18,21-22,25H2,1-2H3,(H,31,33)(H,32,34)(H,36,37)/b5-4-,8-7-,11-10-,14-13-,17-16-,20-19-,24-23+. The van der Waals surface area contributed by atoms with Gasteiger partial charge in [0.25, 0.3) is 0 Å². The molecule has 0 bridgehead atoms. The fraction of sp³-hybridized carbons (Fsp3) is 0.400. The second-order valence-electron chi connectivity index (χ2n) is 8.01. The molecule has 0 heterocycles. The van der Waals surface area contributed by atoms with Crippen LogP contribution in [0.1, 0.15) is 58.3 Å². The molecule has 0 saturated heterocycles. The SMILES string of the molecule is CC/C=C\C/C=C\C/C=C\C/C=C\C/C=C\C/C=C\CCC(=O)NC(CNC(=O)/C=C/C(=O)OC)C(=O)O. The highest BCUT2D eigenvalue weighted by Crippen LogP contribution is 1.98. The number of methoxy groups -OCH3 is 1. The lowest BCUT2D eigenvalue weighted by molar-refractivity contribution is -0.141. The van der Waals surface area contributed by atoms with Crippen molar-refractivity contribution in [1.29, 1.82) is 0 Å².